The molecule has 1 aromatic carbocycles. The van der Waals surface area contributed by atoms with Crippen molar-refractivity contribution in [3.05, 3.63) is 30.5 Å². The molecule has 2 aromatic rings. The zero-order valence-electron chi connectivity index (χ0n) is 11.3. The van der Waals surface area contributed by atoms with Crippen molar-refractivity contribution < 1.29 is 0 Å². The lowest BCUT2D eigenvalue weighted by molar-refractivity contribution is 0.557. The van der Waals surface area contributed by atoms with Gasteiger partial charge in [-0.1, -0.05) is 19.3 Å². The van der Waals surface area contributed by atoms with E-state index in [0.717, 1.165) is 29.7 Å². The minimum atomic E-state index is 0.881. The number of rotatable bonds is 1. The highest BCUT2D eigenvalue weighted by Crippen LogP contribution is 2.31. The van der Waals surface area contributed by atoms with E-state index in [1.54, 1.807) is 0 Å². The van der Waals surface area contributed by atoms with Gasteiger partial charge in [0.2, 0.25) is 0 Å². The quantitative estimate of drug-likeness (QED) is 0.792. The fraction of sp³-hybridized carbons (Fsp3) is 0.438. The Bertz CT molecular complexity index is 557. The zero-order valence-corrected chi connectivity index (χ0v) is 11.3. The number of nitrogens with two attached hydrogens (primary N) is 1. The molecule has 1 fully saturated rings. The molecule has 0 unspecified atom stereocenters. The normalized spacial score (nSPS) is 17.2. The Balaban J connectivity index is 1.96. The molecule has 0 bridgehead atoms. The first-order valence-corrected chi connectivity index (χ1v) is 7.24. The summed E-state index contributed by atoms with van der Waals surface area (Å²) in [6.45, 7) is 2.24. The standard InChI is InChI=1S/C16H21N3/c17-16-13-7-6-10-18-14(13)8-9-15(16)19-11-4-2-1-3-5-12-19/h6-10H,1-5,11-12,17H2. The Kier molecular flexibility index (Phi) is 3.53. The second kappa shape index (κ2) is 5.47. The summed E-state index contributed by atoms with van der Waals surface area (Å²) in [5.74, 6) is 0. The summed E-state index contributed by atoms with van der Waals surface area (Å²) in [5, 5.41) is 1.07. The van der Waals surface area contributed by atoms with Crippen LogP contribution in [0.3, 0.4) is 0 Å². The number of pyridine rings is 1. The van der Waals surface area contributed by atoms with Gasteiger partial charge in [-0.25, -0.2) is 0 Å². The Labute approximate surface area is 114 Å². The van der Waals surface area contributed by atoms with Gasteiger partial charge in [-0.05, 0) is 37.1 Å². The lowest BCUT2D eigenvalue weighted by Crippen LogP contribution is -2.27. The second-order valence-corrected chi connectivity index (χ2v) is 5.32. The fourth-order valence-electron chi connectivity index (χ4n) is 2.93. The molecule has 3 heteroatoms. The van der Waals surface area contributed by atoms with Crippen molar-refractivity contribution in [1.82, 2.24) is 4.98 Å². The Morgan fingerprint density at radius 3 is 2.47 bits per heavy atom. The maximum atomic E-state index is 6.36. The topological polar surface area (TPSA) is 42.1 Å². The van der Waals surface area contributed by atoms with E-state index in [4.69, 9.17) is 5.73 Å². The van der Waals surface area contributed by atoms with Gasteiger partial charge in [-0.2, -0.15) is 0 Å². The predicted octanol–water partition coefficient (Wildman–Crippen LogP) is 3.59. The predicted molar refractivity (Wildman–Crippen MR) is 81.5 cm³/mol. The highest BCUT2D eigenvalue weighted by molar-refractivity contribution is 5.97. The molecule has 0 amide bonds. The van der Waals surface area contributed by atoms with Crippen LogP contribution in [-0.2, 0) is 0 Å². The van der Waals surface area contributed by atoms with Crippen molar-refractivity contribution in [2.75, 3.05) is 23.7 Å². The van der Waals surface area contributed by atoms with Crippen LogP contribution in [0.5, 0.6) is 0 Å². The van der Waals surface area contributed by atoms with E-state index in [9.17, 15) is 0 Å². The van der Waals surface area contributed by atoms with Crippen molar-refractivity contribution in [2.24, 2.45) is 0 Å². The highest BCUT2D eigenvalue weighted by atomic mass is 15.1. The van der Waals surface area contributed by atoms with E-state index in [-0.39, 0.29) is 0 Å². The molecule has 1 saturated heterocycles. The largest absolute Gasteiger partial charge is 0.396 e. The summed E-state index contributed by atoms with van der Waals surface area (Å²) >= 11 is 0. The molecule has 1 aliphatic heterocycles. The van der Waals surface area contributed by atoms with Gasteiger partial charge in [0.25, 0.3) is 0 Å². The van der Waals surface area contributed by atoms with Gasteiger partial charge >= 0.3 is 0 Å². The van der Waals surface area contributed by atoms with Crippen LogP contribution in [0.4, 0.5) is 11.4 Å². The van der Waals surface area contributed by atoms with Gasteiger partial charge in [0.05, 0.1) is 16.9 Å². The lowest BCUT2D eigenvalue weighted by atomic mass is 10.1. The van der Waals surface area contributed by atoms with Crippen LogP contribution in [0.25, 0.3) is 10.9 Å². The minimum Gasteiger partial charge on any atom is -0.396 e. The van der Waals surface area contributed by atoms with Gasteiger partial charge < -0.3 is 10.6 Å². The van der Waals surface area contributed by atoms with E-state index in [0.29, 0.717) is 0 Å². The molecule has 19 heavy (non-hydrogen) atoms. The molecule has 1 aliphatic rings. The number of nitrogen functional groups attached to an aromatic ring is 1. The molecular weight excluding hydrogens is 234 g/mol. The van der Waals surface area contributed by atoms with E-state index < -0.39 is 0 Å². The number of hydrogen-bond acceptors (Lipinski definition) is 3. The first-order chi connectivity index (χ1) is 9.36. The molecule has 3 nitrogen and oxygen atoms in total. The molecule has 1 aromatic heterocycles. The summed E-state index contributed by atoms with van der Waals surface area (Å²) in [5.41, 5.74) is 9.40. The maximum absolute atomic E-state index is 6.36. The molecule has 0 atom stereocenters. The van der Waals surface area contributed by atoms with Crippen molar-refractivity contribution in [2.45, 2.75) is 32.1 Å². The van der Waals surface area contributed by atoms with Crippen molar-refractivity contribution in [3.8, 4) is 0 Å². The highest BCUT2D eigenvalue weighted by Gasteiger charge is 2.13. The van der Waals surface area contributed by atoms with Crippen LogP contribution in [0.1, 0.15) is 32.1 Å². The van der Waals surface area contributed by atoms with Gasteiger partial charge in [-0.3, -0.25) is 4.98 Å². The molecule has 100 valence electrons. The minimum absolute atomic E-state index is 0.881. The molecule has 0 spiro atoms. The summed E-state index contributed by atoms with van der Waals surface area (Å²) in [7, 11) is 0. The van der Waals surface area contributed by atoms with Crippen molar-refractivity contribution in [1.29, 1.82) is 0 Å². The van der Waals surface area contributed by atoms with Gasteiger partial charge in [0.15, 0.2) is 0 Å². The zero-order chi connectivity index (χ0) is 13.1. The number of nitrogens with zero attached hydrogens (tertiary/aromatic N) is 2. The SMILES string of the molecule is Nc1c(N2CCCCCCC2)ccc2ncccc12. The third-order valence-electron chi connectivity index (χ3n) is 4.00. The van der Waals surface area contributed by atoms with Gasteiger partial charge in [0.1, 0.15) is 0 Å². The molecule has 0 saturated carbocycles. The van der Waals surface area contributed by atoms with Crippen LogP contribution in [-0.4, -0.2) is 18.1 Å². The average molecular weight is 255 g/mol. The van der Waals surface area contributed by atoms with Crippen molar-refractivity contribution >= 4 is 22.3 Å². The third-order valence-corrected chi connectivity index (χ3v) is 4.00. The van der Waals surface area contributed by atoms with Crippen LogP contribution >= 0.6 is 0 Å². The summed E-state index contributed by atoms with van der Waals surface area (Å²) < 4.78 is 0. The van der Waals surface area contributed by atoms with Gasteiger partial charge in [0, 0.05) is 24.7 Å². The number of aromatic nitrogens is 1. The number of anilines is 2. The smallest absolute Gasteiger partial charge is 0.0724 e. The molecule has 3 rings (SSSR count). The molecule has 2 heterocycles. The van der Waals surface area contributed by atoms with Crippen molar-refractivity contribution in [3.63, 3.8) is 0 Å². The van der Waals surface area contributed by atoms with Crippen LogP contribution in [0, 0.1) is 0 Å². The Morgan fingerprint density at radius 1 is 0.947 bits per heavy atom. The second-order valence-electron chi connectivity index (χ2n) is 5.32. The third kappa shape index (κ3) is 2.50. The van der Waals surface area contributed by atoms with Crippen LogP contribution < -0.4 is 10.6 Å². The monoisotopic (exact) mass is 255 g/mol. The fourth-order valence-corrected chi connectivity index (χ4v) is 2.93. The lowest BCUT2D eigenvalue weighted by Gasteiger charge is -2.28. The van der Waals surface area contributed by atoms with Gasteiger partial charge in [-0.15, -0.1) is 0 Å². The molecule has 2 N–H and O–H groups in total. The maximum Gasteiger partial charge on any atom is 0.0724 e. The van der Waals surface area contributed by atoms with Crippen LogP contribution in [0.2, 0.25) is 0 Å². The van der Waals surface area contributed by atoms with E-state index in [2.05, 4.69) is 28.1 Å². The first kappa shape index (κ1) is 12.3. The van der Waals surface area contributed by atoms with E-state index in [1.165, 1.54) is 37.8 Å². The summed E-state index contributed by atoms with van der Waals surface area (Å²) in [6, 6.07) is 8.23. The first-order valence-electron chi connectivity index (χ1n) is 7.24. The van der Waals surface area contributed by atoms with E-state index in [1.807, 2.05) is 12.3 Å². The van der Waals surface area contributed by atoms with Crippen LogP contribution in [0.15, 0.2) is 30.5 Å². The number of fused-ring (bicyclic) bond motifs is 1. The summed E-state index contributed by atoms with van der Waals surface area (Å²) in [6.07, 6.45) is 8.41. The number of benzene rings is 1. The number of hydrogen-bond donors (Lipinski definition) is 1. The average Bonchev–Trinajstić information content (AvgIpc) is 2.40. The van der Waals surface area contributed by atoms with E-state index >= 15 is 0 Å². The Hall–Kier alpha value is -1.77. The molecule has 0 radical (unpaired) electrons. The summed E-state index contributed by atoms with van der Waals surface area (Å²) in [4.78, 5) is 6.81. The molecule has 0 aliphatic carbocycles. The molecular formula is C16H21N3. The Morgan fingerprint density at radius 2 is 1.68 bits per heavy atom.